The first-order valence-corrected chi connectivity index (χ1v) is 3.28. The molecule has 0 aromatic rings. The van der Waals surface area contributed by atoms with E-state index in [0.29, 0.717) is 0 Å². The Labute approximate surface area is 59.8 Å². The van der Waals surface area contributed by atoms with Crippen molar-refractivity contribution in [3.8, 4) is 0 Å². The van der Waals surface area contributed by atoms with Crippen molar-refractivity contribution in [2.24, 2.45) is 0 Å². The van der Waals surface area contributed by atoms with E-state index in [0.717, 1.165) is 0 Å². The summed E-state index contributed by atoms with van der Waals surface area (Å²) in [6, 6.07) is 0. The summed E-state index contributed by atoms with van der Waals surface area (Å²) in [7, 11) is 0. The number of cyclic esters (lactones) is 1. The van der Waals surface area contributed by atoms with E-state index in [4.69, 9.17) is 0 Å². The molecule has 1 heterocycles. The Balaban J connectivity index is 2.65. The predicted molar refractivity (Wildman–Crippen MR) is 32.8 cm³/mol. The van der Waals surface area contributed by atoms with Crippen LogP contribution in [0.3, 0.4) is 0 Å². The Morgan fingerprint density at radius 1 is 1.78 bits per heavy atom. The number of halogens is 2. The van der Waals surface area contributed by atoms with Crippen molar-refractivity contribution in [3.63, 3.8) is 0 Å². The lowest BCUT2D eigenvalue weighted by Crippen LogP contribution is -2.24. The fourth-order valence-electron chi connectivity index (χ4n) is 0.473. The first-order valence-electron chi connectivity index (χ1n) is 2.37. The van der Waals surface area contributed by atoms with Gasteiger partial charge in [0.25, 0.3) is 6.36 Å². The maximum absolute atomic E-state index is 12.3. The summed E-state index contributed by atoms with van der Waals surface area (Å²) < 4.78 is 16.4. The van der Waals surface area contributed by atoms with Gasteiger partial charge in [-0.15, -0.1) is 0 Å². The Kier molecular flexibility index (Phi) is 1.85. The SMILES string of the molecule is O=C1C=CC(Br)C(F)O1. The van der Waals surface area contributed by atoms with E-state index in [-0.39, 0.29) is 0 Å². The van der Waals surface area contributed by atoms with E-state index in [2.05, 4.69) is 20.7 Å². The van der Waals surface area contributed by atoms with Crippen LogP contribution < -0.4 is 0 Å². The Hall–Kier alpha value is -0.380. The van der Waals surface area contributed by atoms with Gasteiger partial charge in [0.1, 0.15) is 4.83 Å². The summed E-state index contributed by atoms with van der Waals surface area (Å²) in [5.41, 5.74) is 0. The molecule has 2 nitrogen and oxygen atoms in total. The molecule has 0 aromatic heterocycles. The number of hydrogen-bond acceptors (Lipinski definition) is 2. The van der Waals surface area contributed by atoms with Crippen LogP contribution in [-0.4, -0.2) is 17.2 Å². The third-order valence-electron chi connectivity index (χ3n) is 0.895. The molecule has 9 heavy (non-hydrogen) atoms. The van der Waals surface area contributed by atoms with Crippen LogP contribution >= 0.6 is 15.9 Å². The smallest absolute Gasteiger partial charge is 0.333 e. The molecule has 0 saturated heterocycles. The molecule has 0 N–H and O–H groups in total. The largest absolute Gasteiger partial charge is 0.426 e. The zero-order chi connectivity index (χ0) is 6.85. The molecular formula is C5H4BrFO2. The second-order valence-electron chi connectivity index (χ2n) is 1.59. The van der Waals surface area contributed by atoms with Crippen LogP contribution in [0.5, 0.6) is 0 Å². The van der Waals surface area contributed by atoms with Crippen LogP contribution in [0.1, 0.15) is 0 Å². The van der Waals surface area contributed by atoms with Gasteiger partial charge in [-0.05, 0) is 0 Å². The summed E-state index contributed by atoms with van der Waals surface area (Å²) in [5.74, 6) is -0.627. The molecule has 0 radical (unpaired) electrons. The average Bonchev–Trinajstić information content (AvgIpc) is 1.80. The van der Waals surface area contributed by atoms with Crippen molar-refractivity contribution in [2.45, 2.75) is 11.2 Å². The van der Waals surface area contributed by atoms with E-state index >= 15 is 0 Å². The molecule has 1 aliphatic heterocycles. The molecule has 0 fully saturated rings. The van der Waals surface area contributed by atoms with Gasteiger partial charge >= 0.3 is 5.97 Å². The molecule has 2 unspecified atom stereocenters. The molecule has 2 atom stereocenters. The van der Waals surface area contributed by atoms with Gasteiger partial charge in [0.15, 0.2) is 0 Å². The van der Waals surface area contributed by atoms with Crippen LogP contribution in [0.25, 0.3) is 0 Å². The first kappa shape index (κ1) is 6.74. The highest BCUT2D eigenvalue weighted by atomic mass is 79.9. The fourth-order valence-corrected chi connectivity index (χ4v) is 0.734. The molecule has 1 aliphatic rings. The number of ether oxygens (including phenoxy) is 1. The lowest BCUT2D eigenvalue weighted by molar-refractivity contribution is -0.151. The summed E-state index contributed by atoms with van der Waals surface area (Å²) in [6.07, 6.45) is 1.06. The minimum atomic E-state index is -1.54. The molecule has 1 rings (SSSR count). The molecule has 0 amide bonds. The molecule has 0 aliphatic carbocycles. The summed E-state index contributed by atoms with van der Waals surface area (Å²) in [5, 5.41) is 0. The zero-order valence-corrected chi connectivity index (χ0v) is 5.97. The average molecular weight is 195 g/mol. The standard InChI is InChI=1S/C5H4BrFO2/c6-3-1-2-4(8)9-5(3)7/h1-3,5H. The van der Waals surface area contributed by atoms with Crippen LogP contribution in [0.2, 0.25) is 0 Å². The number of rotatable bonds is 0. The molecule has 0 bridgehead atoms. The van der Waals surface area contributed by atoms with Crippen molar-refractivity contribution in [2.75, 3.05) is 0 Å². The monoisotopic (exact) mass is 194 g/mol. The van der Waals surface area contributed by atoms with Gasteiger partial charge in [0.2, 0.25) is 0 Å². The molecule has 4 heteroatoms. The quantitative estimate of drug-likeness (QED) is 0.428. The van der Waals surface area contributed by atoms with E-state index in [1.165, 1.54) is 12.2 Å². The number of hydrogen-bond donors (Lipinski definition) is 0. The van der Waals surface area contributed by atoms with E-state index in [9.17, 15) is 9.18 Å². The highest BCUT2D eigenvalue weighted by Crippen LogP contribution is 2.16. The van der Waals surface area contributed by atoms with Gasteiger partial charge in [0, 0.05) is 6.08 Å². The van der Waals surface area contributed by atoms with Crippen molar-refractivity contribution in [1.82, 2.24) is 0 Å². The highest BCUT2D eigenvalue weighted by Gasteiger charge is 2.22. The summed E-state index contributed by atoms with van der Waals surface area (Å²) in [4.78, 5) is 9.76. The third-order valence-corrected chi connectivity index (χ3v) is 1.62. The zero-order valence-electron chi connectivity index (χ0n) is 4.38. The van der Waals surface area contributed by atoms with Crippen molar-refractivity contribution in [3.05, 3.63) is 12.2 Å². The van der Waals surface area contributed by atoms with E-state index in [1.54, 1.807) is 0 Å². The van der Waals surface area contributed by atoms with E-state index in [1.807, 2.05) is 0 Å². The van der Waals surface area contributed by atoms with Crippen LogP contribution in [0.4, 0.5) is 4.39 Å². The lowest BCUT2D eigenvalue weighted by atomic mass is 10.3. The Bertz CT molecular complexity index is 157. The lowest BCUT2D eigenvalue weighted by Gasteiger charge is -2.14. The Morgan fingerprint density at radius 2 is 2.44 bits per heavy atom. The van der Waals surface area contributed by atoms with Crippen LogP contribution in [-0.2, 0) is 9.53 Å². The normalized spacial score (nSPS) is 34.2. The molecule has 0 aromatic carbocycles. The van der Waals surface area contributed by atoms with E-state index < -0.39 is 17.2 Å². The third kappa shape index (κ3) is 1.51. The number of carbonyl (C=O) groups is 1. The fraction of sp³-hybridized carbons (Fsp3) is 0.400. The van der Waals surface area contributed by atoms with Gasteiger partial charge in [-0.25, -0.2) is 9.18 Å². The summed E-state index contributed by atoms with van der Waals surface area (Å²) >= 11 is 2.94. The number of esters is 1. The molecule has 50 valence electrons. The second kappa shape index (κ2) is 2.47. The number of carbonyl (C=O) groups excluding carboxylic acids is 1. The maximum atomic E-state index is 12.3. The summed E-state index contributed by atoms with van der Waals surface area (Å²) in [6.45, 7) is 0. The topological polar surface area (TPSA) is 26.3 Å². The van der Waals surface area contributed by atoms with Crippen LogP contribution in [0, 0.1) is 0 Å². The second-order valence-corrected chi connectivity index (χ2v) is 2.65. The van der Waals surface area contributed by atoms with Gasteiger partial charge in [0.05, 0.1) is 0 Å². The maximum Gasteiger partial charge on any atom is 0.333 e. The van der Waals surface area contributed by atoms with Gasteiger partial charge in [-0.3, -0.25) is 0 Å². The van der Waals surface area contributed by atoms with Gasteiger partial charge in [-0.1, -0.05) is 22.0 Å². The number of alkyl halides is 2. The van der Waals surface area contributed by atoms with Crippen molar-refractivity contribution >= 4 is 21.9 Å². The minimum Gasteiger partial charge on any atom is -0.426 e. The molecule has 0 saturated carbocycles. The minimum absolute atomic E-state index is 0.491. The van der Waals surface area contributed by atoms with Gasteiger partial charge in [-0.2, -0.15) is 0 Å². The van der Waals surface area contributed by atoms with Crippen LogP contribution in [0.15, 0.2) is 12.2 Å². The molecule has 0 spiro atoms. The molecular weight excluding hydrogens is 191 g/mol. The van der Waals surface area contributed by atoms with Crippen molar-refractivity contribution < 1.29 is 13.9 Å². The van der Waals surface area contributed by atoms with Gasteiger partial charge < -0.3 is 4.74 Å². The van der Waals surface area contributed by atoms with Crippen molar-refractivity contribution in [1.29, 1.82) is 0 Å². The Morgan fingerprint density at radius 3 is 2.89 bits per heavy atom. The highest BCUT2D eigenvalue weighted by molar-refractivity contribution is 9.09. The predicted octanol–water partition coefficient (Wildman–Crippen LogP) is 1.16. The first-order chi connectivity index (χ1) is 4.20.